The van der Waals surface area contributed by atoms with E-state index in [1.54, 1.807) is 29.2 Å². The van der Waals surface area contributed by atoms with Gasteiger partial charge in [-0.3, -0.25) is 9.59 Å². The van der Waals surface area contributed by atoms with Crippen LogP contribution in [-0.2, 0) is 6.54 Å². The van der Waals surface area contributed by atoms with Crippen LogP contribution in [0.5, 0.6) is 5.75 Å². The molecule has 0 fully saturated rings. The number of para-hydroxylation sites is 1. The van der Waals surface area contributed by atoms with E-state index in [1.807, 2.05) is 103 Å². The summed E-state index contributed by atoms with van der Waals surface area (Å²) in [5.41, 5.74) is 4.45. The summed E-state index contributed by atoms with van der Waals surface area (Å²) in [4.78, 5) is 28.4. The molecule has 186 valence electrons. The van der Waals surface area contributed by atoms with Crippen molar-refractivity contribution in [2.45, 2.75) is 6.54 Å². The lowest BCUT2D eigenvalue weighted by Gasteiger charge is -2.23. The predicted molar refractivity (Wildman–Crippen MR) is 151 cm³/mol. The highest BCUT2D eigenvalue weighted by atomic mass is 16.3. The molecule has 0 aliphatic heterocycles. The number of phenols is 1. The summed E-state index contributed by atoms with van der Waals surface area (Å²) in [7, 11) is 0. The summed E-state index contributed by atoms with van der Waals surface area (Å²) < 4.78 is 0. The van der Waals surface area contributed by atoms with E-state index in [-0.39, 0.29) is 23.3 Å². The number of carbonyl (C=O) groups excluding carboxylic acids is 2. The zero-order chi connectivity index (χ0) is 26.3. The molecule has 0 heterocycles. The molecule has 2 N–H and O–H groups in total. The molecule has 0 aromatic heterocycles. The fraction of sp³-hybridized carbons (Fsp3) is 0.0303. The molecule has 2 amide bonds. The maximum Gasteiger partial charge on any atom is 0.258 e. The zero-order valence-corrected chi connectivity index (χ0v) is 20.6. The van der Waals surface area contributed by atoms with Gasteiger partial charge in [0.1, 0.15) is 5.75 Å². The summed E-state index contributed by atoms with van der Waals surface area (Å²) in [6.45, 7) is 0.374. The van der Waals surface area contributed by atoms with Crippen molar-refractivity contribution in [2.24, 2.45) is 0 Å². The molecule has 0 bridgehead atoms. The number of anilines is 2. The Morgan fingerprint density at radius 3 is 1.97 bits per heavy atom. The number of amides is 2. The van der Waals surface area contributed by atoms with E-state index < -0.39 is 0 Å². The van der Waals surface area contributed by atoms with E-state index in [0.717, 1.165) is 22.4 Å². The summed E-state index contributed by atoms with van der Waals surface area (Å²) in [6.07, 6.45) is 0. The van der Waals surface area contributed by atoms with E-state index in [0.29, 0.717) is 17.7 Å². The predicted octanol–water partition coefficient (Wildman–Crippen LogP) is 7.16. The molecular weight excluding hydrogens is 472 g/mol. The number of rotatable bonds is 7. The number of benzene rings is 5. The molecular formula is C33H26N2O3. The Kier molecular flexibility index (Phi) is 7.27. The standard InChI is InChI=1S/C33H26N2O3/c36-31-22-26(33(38)35(27-16-8-3-9-17-27)23-24-12-4-1-5-13-24)20-21-30(31)34-32(37)29-19-11-10-18-28(29)25-14-6-2-7-15-25/h1-22,36H,23H2,(H,34,37). The molecule has 38 heavy (non-hydrogen) atoms. The van der Waals surface area contributed by atoms with Crippen LogP contribution in [0.3, 0.4) is 0 Å². The van der Waals surface area contributed by atoms with Gasteiger partial charge in [-0.05, 0) is 53.1 Å². The highest BCUT2D eigenvalue weighted by Gasteiger charge is 2.20. The van der Waals surface area contributed by atoms with Gasteiger partial charge in [-0.25, -0.2) is 0 Å². The lowest BCUT2D eigenvalue weighted by molar-refractivity contribution is 0.0983. The Bertz CT molecular complexity index is 1550. The molecule has 0 spiro atoms. The van der Waals surface area contributed by atoms with Crippen molar-refractivity contribution in [1.29, 1.82) is 0 Å². The fourth-order valence-corrected chi connectivity index (χ4v) is 4.32. The highest BCUT2D eigenvalue weighted by Crippen LogP contribution is 2.29. The Morgan fingerprint density at radius 2 is 1.29 bits per heavy atom. The number of carbonyl (C=O) groups is 2. The average Bonchev–Trinajstić information content (AvgIpc) is 2.98. The van der Waals surface area contributed by atoms with Crippen molar-refractivity contribution in [1.82, 2.24) is 0 Å². The number of aromatic hydroxyl groups is 1. The zero-order valence-electron chi connectivity index (χ0n) is 20.6. The third-order valence-corrected chi connectivity index (χ3v) is 6.25. The largest absolute Gasteiger partial charge is 0.506 e. The maximum absolute atomic E-state index is 13.6. The summed E-state index contributed by atoms with van der Waals surface area (Å²) in [5, 5.41) is 13.6. The summed E-state index contributed by atoms with van der Waals surface area (Å²) in [6, 6.07) is 40.6. The van der Waals surface area contributed by atoms with Crippen LogP contribution in [-0.4, -0.2) is 16.9 Å². The second-order valence-corrected chi connectivity index (χ2v) is 8.81. The van der Waals surface area contributed by atoms with E-state index in [9.17, 15) is 14.7 Å². The number of nitrogens with one attached hydrogen (secondary N) is 1. The highest BCUT2D eigenvalue weighted by molar-refractivity contribution is 6.10. The lowest BCUT2D eigenvalue weighted by Crippen LogP contribution is -2.30. The Labute approximate surface area is 221 Å². The quantitative estimate of drug-likeness (QED) is 0.234. The lowest BCUT2D eigenvalue weighted by atomic mass is 9.99. The van der Waals surface area contributed by atoms with Gasteiger partial charge in [0.25, 0.3) is 11.8 Å². The van der Waals surface area contributed by atoms with E-state index in [4.69, 9.17) is 0 Å². The molecule has 0 radical (unpaired) electrons. The first-order chi connectivity index (χ1) is 18.6. The van der Waals surface area contributed by atoms with E-state index >= 15 is 0 Å². The second-order valence-electron chi connectivity index (χ2n) is 8.81. The van der Waals surface area contributed by atoms with Crippen molar-refractivity contribution in [3.05, 3.63) is 150 Å². The monoisotopic (exact) mass is 498 g/mol. The molecule has 5 nitrogen and oxygen atoms in total. The Balaban J connectivity index is 1.39. The minimum atomic E-state index is -0.353. The molecule has 0 aliphatic rings. The van der Waals surface area contributed by atoms with Crippen LogP contribution in [0.25, 0.3) is 11.1 Å². The van der Waals surface area contributed by atoms with Gasteiger partial charge in [0.15, 0.2) is 0 Å². The van der Waals surface area contributed by atoms with Crippen LogP contribution in [0.4, 0.5) is 11.4 Å². The van der Waals surface area contributed by atoms with Crippen molar-refractivity contribution in [2.75, 3.05) is 10.2 Å². The molecule has 5 heteroatoms. The molecule has 5 rings (SSSR count). The van der Waals surface area contributed by atoms with Crippen LogP contribution < -0.4 is 10.2 Å². The Morgan fingerprint density at radius 1 is 0.684 bits per heavy atom. The van der Waals surface area contributed by atoms with Crippen LogP contribution in [0.1, 0.15) is 26.3 Å². The topological polar surface area (TPSA) is 69.6 Å². The molecule has 0 aliphatic carbocycles. The van der Waals surface area contributed by atoms with Gasteiger partial charge in [0, 0.05) is 16.8 Å². The third kappa shape index (κ3) is 5.47. The Hall–Kier alpha value is -5.16. The maximum atomic E-state index is 13.6. The summed E-state index contributed by atoms with van der Waals surface area (Å²) >= 11 is 0. The van der Waals surface area contributed by atoms with E-state index in [1.165, 1.54) is 6.07 Å². The molecule has 0 saturated carbocycles. The first-order valence-electron chi connectivity index (χ1n) is 12.3. The SMILES string of the molecule is O=C(Nc1ccc(C(=O)N(Cc2ccccc2)c2ccccc2)cc1O)c1ccccc1-c1ccccc1. The van der Waals surface area contributed by atoms with Crippen molar-refractivity contribution in [3.8, 4) is 16.9 Å². The molecule has 0 saturated heterocycles. The smallest absolute Gasteiger partial charge is 0.258 e. The van der Waals surface area contributed by atoms with Crippen molar-refractivity contribution in [3.63, 3.8) is 0 Å². The molecule has 5 aromatic rings. The van der Waals surface area contributed by atoms with Crippen LogP contribution >= 0.6 is 0 Å². The van der Waals surface area contributed by atoms with Gasteiger partial charge >= 0.3 is 0 Å². The third-order valence-electron chi connectivity index (χ3n) is 6.25. The fourth-order valence-electron chi connectivity index (χ4n) is 4.32. The van der Waals surface area contributed by atoms with Crippen molar-refractivity contribution >= 4 is 23.2 Å². The molecule has 0 atom stereocenters. The van der Waals surface area contributed by atoms with Gasteiger partial charge in [0.2, 0.25) is 0 Å². The normalized spacial score (nSPS) is 10.5. The first-order valence-corrected chi connectivity index (χ1v) is 12.3. The minimum absolute atomic E-state index is 0.186. The van der Waals surface area contributed by atoms with Crippen LogP contribution in [0.2, 0.25) is 0 Å². The van der Waals surface area contributed by atoms with Gasteiger partial charge in [-0.15, -0.1) is 0 Å². The number of hydrogen-bond acceptors (Lipinski definition) is 3. The average molecular weight is 499 g/mol. The molecule has 5 aromatic carbocycles. The minimum Gasteiger partial charge on any atom is -0.506 e. The second kappa shape index (κ2) is 11.3. The van der Waals surface area contributed by atoms with Gasteiger partial charge in [-0.1, -0.05) is 97.1 Å². The number of phenolic OH excluding ortho intramolecular Hbond substituents is 1. The van der Waals surface area contributed by atoms with E-state index in [2.05, 4.69) is 5.32 Å². The molecule has 0 unspecified atom stereocenters. The van der Waals surface area contributed by atoms with Gasteiger partial charge < -0.3 is 15.3 Å². The van der Waals surface area contributed by atoms with Gasteiger partial charge in [0.05, 0.1) is 12.2 Å². The van der Waals surface area contributed by atoms with Crippen LogP contribution in [0, 0.1) is 0 Å². The number of hydrogen-bond donors (Lipinski definition) is 2. The summed E-state index contributed by atoms with van der Waals surface area (Å²) in [5.74, 6) is -0.800. The van der Waals surface area contributed by atoms with Crippen molar-refractivity contribution < 1.29 is 14.7 Å². The van der Waals surface area contributed by atoms with Crippen LogP contribution in [0.15, 0.2) is 133 Å². The first kappa shape index (κ1) is 24.5. The number of nitrogens with zero attached hydrogens (tertiary/aromatic N) is 1. The van der Waals surface area contributed by atoms with Gasteiger partial charge in [-0.2, -0.15) is 0 Å².